The molecule has 0 saturated carbocycles. The van der Waals surface area contributed by atoms with Crippen LogP contribution in [0.4, 0.5) is 5.69 Å². The number of carbonyl (C=O) groups is 2. The molecule has 0 aliphatic carbocycles. The normalized spacial score (nSPS) is 11.9. The van der Waals surface area contributed by atoms with Crippen molar-refractivity contribution in [2.24, 2.45) is 0 Å². The van der Waals surface area contributed by atoms with Crippen LogP contribution < -0.4 is 14.4 Å². The van der Waals surface area contributed by atoms with E-state index in [4.69, 9.17) is 4.74 Å². The molecule has 1 N–H and O–H groups in total. The molecule has 3 aromatic carbocycles. The number of hydrogen-bond donors (Lipinski definition) is 1. The first-order chi connectivity index (χ1) is 17.2. The Labute approximate surface area is 212 Å². The molecule has 9 heteroatoms. The number of rotatable bonds is 10. The Balaban J connectivity index is 2.01. The average molecular weight is 510 g/mol. The van der Waals surface area contributed by atoms with E-state index in [-0.39, 0.29) is 17.3 Å². The van der Waals surface area contributed by atoms with Crippen LogP contribution in [0, 0.1) is 6.92 Å². The quantitative estimate of drug-likeness (QED) is 0.452. The van der Waals surface area contributed by atoms with E-state index in [0.717, 1.165) is 9.87 Å². The molecule has 0 aliphatic rings. The van der Waals surface area contributed by atoms with Gasteiger partial charge in [-0.2, -0.15) is 0 Å². The third-order valence-electron chi connectivity index (χ3n) is 5.92. The van der Waals surface area contributed by atoms with Crippen molar-refractivity contribution in [3.63, 3.8) is 0 Å². The predicted octanol–water partition coefficient (Wildman–Crippen LogP) is 3.36. The van der Waals surface area contributed by atoms with E-state index in [2.05, 4.69) is 5.32 Å². The fraction of sp³-hybridized carbons (Fsp3) is 0.259. The molecule has 0 spiro atoms. The minimum atomic E-state index is -4.07. The van der Waals surface area contributed by atoms with Gasteiger partial charge in [0.15, 0.2) is 0 Å². The Morgan fingerprint density at radius 3 is 2.14 bits per heavy atom. The Morgan fingerprint density at radius 1 is 0.944 bits per heavy atom. The van der Waals surface area contributed by atoms with E-state index >= 15 is 0 Å². The van der Waals surface area contributed by atoms with Crippen LogP contribution in [-0.4, -0.2) is 51.9 Å². The molecule has 190 valence electrons. The number of nitrogens with zero attached hydrogens (tertiary/aromatic N) is 2. The van der Waals surface area contributed by atoms with Gasteiger partial charge in [-0.15, -0.1) is 0 Å². The molecule has 0 aliphatic heterocycles. The Bertz CT molecular complexity index is 1290. The van der Waals surface area contributed by atoms with Crippen molar-refractivity contribution in [2.75, 3.05) is 25.0 Å². The molecule has 0 fully saturated rings. The van der Waals surface area contributed by atoms with E-state index in [9.17, 15) is 18.0 Å². The monoisotopic (exact) mass is 509 g/mol. The number of nitrogens with one attached hydrogen (secondary N) is 1. The van der Waals surface area contributed by atoms with Gasteiger partial charge in [-0.25, -0.2) is 8.42 Å². The maximum Gasteiger partial charge on any atom is 0.264 e. The second-order valence-corrected chi connectivity index (χ2v) is 10.1. The number of likely N-dealkylation sites (N-methyl/N-ethyl adjacent to an activating group) is 1. The number of methoxy groups -OCH3 is 1. The fourth-order valence-corrected chi connectivity index (χ4v) is 5.30. The lowest BCUT2D eigenvalue weighted by Gasteiger charge is -2.32. The molecule has 0 saturated heterocycles. The standard InChI is InChI=1S/C27H31N3O5S/c1-20-10-8-9-13-25(20)30(36(33,34)24-11-6-5-7-12-24)19-26(31)29(21(2)27(32)28-3)18-22-14-16-23(35-4)17-15-22/h5-17,21H,18-19H2,1-4H3,(H,28,32). The van der Waals surface area contributed by atoms with Gasteiger partial charge in [-0.05, 0) is 55.3 Å². The van der Waals surface area contributed by atoms with Crippen LogP contribution in [0.15, 0.2) is 83.8 Å². The first-order valence-electron chi connectivity index (χ1n) is 11.5. The van der Waals surface area contributed by atoms with Gasteiger partial charge in [0.05, 0.1) is 17.7 Å². The van der Waals surface area contributed by atoms with Crippen molar-refractivity contribution in [1.29, 1.82) is 0 Å². The van der Waals surface area contributed by atoms with Crippen molar-refractivity contribution >= 4 is 27.5 Å². The maximum atomic E-state index is 13.7. The second-order valence-electron chi connectivity index (χ2n) is 8.27. The summed E-state index contributed by atoms with van der Waals surface area (Å²) < 4.78 is 33.7. The first kappa shape index (κ1) is 26.7. The highest BCUT2D eigenvalue weighted by molar-refractivity contribution is 7.92. The lowest BCUT2D eigenvalue weighted by molar-refractivity contribution is -0.139. The molecule has 0 bridgehead atoms. The predicted molar refractivity (Wildman–Crippen MR) is 139 cm³/mol. The molecule has 1 atom stereocenters. The number of sulfonamides is 1. The maximum absolute atomic E-state index is 13.7. The van der Waals surface area contributed by atoms with Crippen molar-refractivity contribution in [3.05, 3.63) is 90.0 Å². The molecule has 36 heavy (non-hydrogen) atoms. The average Bonchev–Trinajstić information content (AvgIpc) is 2.90. The summed E-state index contributed by atoms with van der Waals surface area (Å²) >= 11 is 0. The number of aryl methyl sites for hydroxylation is 1. The number of anilines is 1. The van der Waals surface area contributed by atoms with Crippen molar-refractivity contribution < 1.29 is 22.7 Å². The fourth-order valence-electron chi connectivity index (χ4n) is 3.80. The van der Waals surface area contributed by atoms with Gasteiger partial charge in [0.1, 0.15) is 18.3 Å². The number of hydrogen-bond acceptors (Lipinski definition) is 5. The molecule has 3 aromatic rings. The number of benzene rings is 3. The molecule has 2 amide bonds. The third-order valence-corrected chi connectivity index (χ3v) is 7.69. The van der Waals surface area contributed by atoms with Crippen LogP contribution in [-0.2, 0) is 26.2 Å². The molecular weight excluding hydrogens is 478 g/mol. The van der Waals surface area contributed by atoms with Crippen LogP contribution in [0.25, 0.3) is 0 Å². The smallest absolute Gasteiger partial charge is 0.264 e. The topological polar surface area (TPSA) is 96.0 Å². The van der Waals surface area contributed by atoms with Crippen LogP contribution in [0.1, 0.15) is 18.1 Å². The summed E-state index contributed by atoms with van der Waals surface area (Å²) in [4.78, 5) is 27.7. The first-order valence-corrected chi connectivity index (χ1v) is 12.9. The highest BCUT2D eigenvalue weighted by Gasteiger charge is 2.32. The molecule has 8 nitrogen and oxygen atoms in total. The summed E-state index contributed by atoms with van der Waals surface area (Å²) in [5.41, 5.74) is 1.87. The molecule has 1 unspecified atom stereocenters. The summed E-state index contributed by atoms with van der Waals surface area (Å²) in [5.74, 6) is -0.203. The largest absolute Gasteiger partial charge is 0.497 e. The van der Waals surface area contributed by atoms with Crippen molar-refractivity contribution in [2.45, 2.75) is 31.3 Å². The van der Waals surface area contributed by atoms with Crippen LogP contribution >= 0.6 is 0 Å². The molecule has 0 radical (unpaired) electrons. The lowest BCUT2D eigenvalue weighted by atomic mass is 10.1. The van der Waals surface area contributed by atoms with Gasteiger partial charge in [0.2, 0.25) is 11.8 Å². The summed E-state index contributed by atoms with van der Waals surface area (Å²) in [6.45, 7) is 3.05. The van der Waals surface area contributed by atoms with Gasteiger partial charge >= 0.3 is 0 Å². The summed E-state index contributed by atoms with van der Waals surface area (Å²) in [6, 6.07) is 21.3. The van der Waals surface area contributed by atoms with Gasteiger partial charge in [-0.1, -0.05) is 48.5 Å². The third kappa shape index (κ3) is 6.04. The van der Waals surface area contributed by atoms with E-state index in [0.29, 0.717) is 17.0 Å². The van der Waals surface area contributed by atoms with E-state index in [1.54, 1.807) is 87.7 Å². The Morgan fingerprint density at radius 2 is 1.56 bits per heavy atom. The molecule has 0 aromatic heterocycles. The Kier molecular flexibility index (Phi) is 8.71. The van der Waals surface area contributed by atoms with Crippen molar-refractivity contribution in [1.82, 2.24) is 10.2 Å². The van der Waals surface area contributed by atoms with E-state index in [1.807, 2.05) is 0 Å². The van der Waals surface area contributed by atoms with E-state index in [1.165, 1.54) is 24.1 Å². The second kappa shape index (κ2) is 11.7. The zero-order chi connectivity index (χ0) is 26.3. The van der Waals surface area contributed by atoms with Crippen LogP contribution in [0.5, 0.6) is 5.75 Å². The lowest BCUT2D eigenvalue weighted by Crippen LogP contribution is -2.50. The summed E-state index contributed by atoms with van der Waals surface area (Å²) in [6.07, 6.45) is 0. The van der Waals surface area contributed by atoms with Crippen LogP contribution in [0.2, 0.25) is 0 Å². The highest BCUT2D eigenvalue weighted by Crippen LogP contribution is 2.27. The zero-order valence-corrected chi connectivity index (χ0v) is 21.7. The number of carbonyl (C=O) groups excluding carboxylic acids is 2. The van der Waals surface area contributed by atoms with E-state index < -0.39 is 28.5 Å². The summed E-state index contributed by atoms with van der Waals surface area (Å²) in [7, 11) is -1.01. The number of ether oxygens (including phenoxy) is 1. The molecule has 3 rings (SSSR count). The zero-order valence-electron chi connectivity index (χ0n) is 20.8. The van der Waals surface area contributed by atoms with Gasteiger partial charge in [0.25, 0.3) is 10.0 Å². The number of amides is 2. The van der Waals surface area contributed by atoms with Gasteiger partial charge < -0.3 is 15.0 Å². The molecule has 0 heterocycles. The minimum Gasteiger partial charge on any atom is -0.497 e. The SMILES string of the molecule is CNC(=O)C(C)N(Cc1ccc(OC)cc1)C(=O)CN(c1ccccc1C)S(=O)(=O)c1ccccc1. The highest BCUT2D eigenvalue weighted by atomic mass is 32.2. The van der Waals surface area contributed by atoms with Crippen LogP contribution in [0.3, 0.4) is 0 Å². The molecular formula is C27H31N3O5S. The summed E-state index contributed by atoms with van der Waals surface area (Å²) in [5, 5.41) is 2.57. The minimum absolute atomic E-state index is 0.0714. The van der Waals surface area contributed by atoms with Gasteiger partial charge in [0, 0.05) is 13.6 Å². The van der Waals surface area contributed by atoms with Crippen molar-refractivity contribution in [3.8, 4) is 5.75 Å². The number of para-hydroxylation sites is 1. The Hall–Kier alpha value is -3.85. The van der Waals surface area contributed by atoms with Gasteiger partial charge in [-0.3, -0.25) is 13.9 Å².